The van der Waals surface area contributed by atoms with E-state index < -0.39 is 6.17 Å². The van der Waals surface area contributed by atoms with Gasteiger partial charge in [0.15, 0.2) is 0 Å². The molecule has 1 heterocycles. The van der Waals surface area contributed by atoms with Crippen molar-refractivity contribution in [2.75, 3.05) is 0 Å². The molecule has 7 heavy (non-hydrogen) atoms. The Kier molecular flexibility index (Phi) is 1.42. The maximum Gasteiger partial charge on any atom is 0.133 e. The van der Waals surface area contributed by atoms with Crippen LogP contribution in [0.15, 0.2) is 4.99 Å². The first-order chi connectivity index (χ1) is 3.39. The summed E-state index contributed by atoms with van der Waals surface area (Å²) in [5.74, 6) is 0. The zero-order valence-electron chi connectivity index (χ0n) is 4.17. The van der Waals surface area contributed by atoms with E-state index in [1.54, 1.807) is 6.21 Å². The monoisotopic (exact) mass is 96.1 g/mol. The Morgan fingerprint density at radius 3 is 2.86 bits per heavy atom. The zero-order chi connectivity index (χ0) is 5.11. The summed E-state index contributed by atoms with van der Waals surface area (Å²) in [7, 11) is 0. The van der Waals surface area contributed by atoms with Crippen molar-refractivity contribution in [3.05, 3.63) is 0 Å². The van der Waals surface area contributed by atoms with Gasteiger partial charge in [0.05, 0.1) is 0 Å². The highest BCUT2D eigenvalue weighted by Crippen LogP contribution is 2.04. The third-order valence-electron chi connectivity index (χ3n) is 1.07. The smallest absolute Gasteiger partial charge is 0.133 e. The van der Waals surface area contributed by atoms with E-state index in [0.717, 1.165) is 19.3 Å². The summed E-state index contributed by atoms with van der Waals surface area (Å²) in [6.45, 7) is 0. The van der Waals surface area contributed by atoms with Crippen LogP contribution in [0.25, 0.3) is 0 Å². The van der Waals surface area contributed by atoms with Crippen molar-refractivity contribution in [1.29, 1.82) is 0 Å². The fourth-order valence-corrected chi connectivity index (χ4v) is 0.662. The Hall–Kier alpha value is -0.370. The molecule has 0 amide bonds. The van der Waals surface area contributed by atoms with E-state index in [4.69, 9.17) is 5.73 Å². The minimum atomic E-state index is -0.395. The lowest BCUT2D eigenvalue weighted by Crippen LogP contribution is -2.08. The first-order valence-electron chi connectivity index (χ1n) is 2.59. The highest BCUT2D eigenvalue weighted by atomic mass is 14.9. The Bertz CT molecular complexity index is 78.1. The zero-order valence-corrected chi connectivity index (χ0v) is 4.17. The van der Waals surface area contributed by atoms with Gasteiger partial charge in [0.25, 0.3) is 0 Å². The van der Waals surface area contributed by atoms with Crippen LogP contribution in [0.1, 0.15) is 19.3 Å². The molecule has 0 aromatic carbocycles. The molecule has 38 valence electrons. The Balaban J connectivity index is 2.36. The van der Waals surface area contributed by atoms with Crippen molar-refractivity contribution in [3.8, 4) is 0 Å². The number of hydrogen-bond donors (Lipinski definition) is 0. The summed E-state index contributed by atoms with van der Waals surface area (Å²) in [6, 6.07) is 0. The molecule has 0 aromatic rings. The molecule has 0 saturated carbocycles. The summed E-state index contributed by atoms with van der Waals surface area (Å²) >= 11 is 0. The summed E-state index contributed by atoms with van der Waals surface area (Å²) in [4.78, 5) is 3.76. The number of rotatable bonds is 0. The molecular weight excluding hydrogens is 88.1 g/mol. The Morgan fingerprint density at radius 1 is 1.71 bits per heavy atom. The standard InChI is InChI=1S/C5H8N2/c6-5-3-1-2-4-7-5/h4-5H,1-3H2. The molecule has 2 heteroatoms. The fraction of sp³-hybridized carbons (Fsp3) is 0.800. The van der Waals surface area contributed by atoms with Gasteiger partial charge in [-0.2, -0.15) is 0 Å². The van der Waals surface area contributed by atoms with Gasteiger partial charge in [-0.1, -0.05) is 0 Å². The molecule has 2 radical (unpaired) electrons. The molecule has 0 saturated heterocycles. The van der Waals surface area contributed by atoms with Crippen LogP contribution >= 0.6 is 0 Å². The van der Waals surface area contributed by atoms with Gasteiger partial charge in [-0.25, -0.2) is 0 Å². The molecule has 1 aliphatic heterocycles. The molecule has 0 bridgehead atoms. The average Bonchev–Trinajstić information content (AvgIpc) is 1.69. The van der Waals surface area contributed by atoms with Crippen LogP contribution in [0, 0.1) is 0 Å². The lowest BCUT2D eigenvalue weighted by atomic mass is 10.2. The van der Waals surface area contributed by atoms with Crippen molar-refractivity contribution in [2.24, 2.45) is 4.99 Å². The van der Waals surface area contributed by atoms with Gasteiger partial charge >= 0.3 is 0 Å². The summed E-state index contributed by atoms with van der Waals surface area (Å²) < 4.78 is 0. The summed E-state index contributed by atoms with van der Waals surface area (Å²) in [5.41, 5.74) is 8.71. The van der Waals surface area contributed by atoms with Crippen LogP contribution in [0.5, 0.6) is 0 Å². The van der Waals surface area contributed by atoms with Crippen molar-refractivity contribution < 1.29 is 0 Å². The van der Waals surface area contributed by atoms with Gasteiger partial charge in [-0.15, -0.1) is 5.73 Å². The van der Waals surface area contributed by atoms with Gasteiger partial charge in [0, 0.05) is 6.21 Å². The number of hydrogen-bond acceptors (Lipinski definition) is 1. The molecule has 1 unspecified atom stereocenters. The third-order valence-corrected chi connectivity index (χ3v) is 1.07. The van der Waals surface area contributed by atoms with Gasteiger partial charge < -0.3 is 0 Å². The summed E-state index contributed by atoms with van der Waals surface area (Å²) in [6.07, 6.45) is 4.36. The van der Waals surface area contributed by atoms with Crippen molar-refractivity contribution >= 4 is 6.21 Å². The predicted molar refractivity (Wildman–Crippen MR) is 28.3 cm³/mol. The van der Waals surface area contributed by atoms with Gasteiger partial charge in [0.2, 0.25) is 0 Å². The molecular formula is C5H8N2. The van der Waals surface area contributed by atoms with E-state index in [1.807, 2.05) is 0 Å². The second-order valence-corrected chi connectivity index (χ2v) is 1.74. The van der Waals surface area contributed by atoms with E-state index >= 15 is 0 Å². The van der Waals surface area contributed by atoms with E-state index in [0.29, 0.717) is 0 Å². The van der Waals surface area contributed by atoms with Gasteiger partial charge in [-0.05, 0) is 19.3 Å². The van der Waals surface area contributed by atoms with Crippen LogP contribution in [0.2, 0.25) is 0 Å². The summed E-state index contributed by atoms with van der Waals surface area (Å²) in [5, 5.41) is 0. The normalized spacial score (nSPS) is 30.7. The van der Waals surface area contributed by atoms with E-state index in [-0.39, 0.29) is 0 Å². The molecule has 0 N–H and O–H groups in total. The van der Waals surface area contributed by atoms with Crippen LogP contribution in [-0.2, 0) is 0 Å². The van der Waals surface area contributed by atoms with Crippen LogP contribution in [0.3, 0.4) is 0 Å². The fourth-order valence-electron chi connectivity index (χ4n) is 0.662. The highest BCUT2D eigenvalue weighted by molar-refractivity contribution is 5.58. The lowest BCUT2D eigenvalue weighted by molar-refractivity contribution is 0.580. The van der Waals surface area contributed by atoms with Gasteiger partial charge in [-0.3, -0.25) is 4.99 Å². The Morgan fingerprint density at radius 2 is 2.57 bits per heavy atom. The molecule has 1 atom stereocenters. The van der Waals surface area contributed by atoms with Crippen molar-refractivity contribution in [3.63, 3.8) is 0 Å². The quantitative estimate of drug-likeness (QED) is 0.424. The topological polar surface area (TPSA) is 34.7 Å². The third kappa shape index (κ3) is 1.27. The van der Waals surface area contributed by atoms with Crippen molar-refractivity contribution in [1.82, 2.24) is 5.73 Å². The maximum atomic E-state index is 8.71. The first kappa shape index (κ1) is 4.78. The molecule has 1 rings (SSSR count). The minimum Gasteiger partial charge on any atom is -0.276 e. The molecule has 2 nitrogen and oxygen atoms in total. The predicted octanol–water partition coefficient (Wildman–Crippen LogP) is 0.636. The number of nitrogens with zero attached hydrogens (tertiary/aromatic N) is 2. The second-order valence-electron chi connectivity index (χ2n) is 1.74. The molecule has 1 aliphatic rings. The maximum absolute atomic E-state index is 8.71. The molecule has 0 aliphatic carbocycles. The first-order valence-corrected chi connectivity index (χ1v) is 2.59. The van der Waals surface area contributed by atoms with E-state index in [1.165, 1.54) is 0 Å². The largest absolute Gasteiger partial charge is 0.276 e. The lowest BCUT2D eigenvalue weighted by Gasteiger charge is -2.05. The molecule has 0 fully saturated rings. The molecule has 0 spiro atoms. The van der Waals surface area contributed by atoms with Crippen LogP contribution < -0.4 is 5.73 Å². The van der Waals surface area contributed by atoms with Gasteiger partial charge in [0.1, 0.15) is 6.17 Å². The SMILES string of the molecule is [N]C1CCCC=N1. The van der Waals surface area contributed by atoms with Crippen LogP contribution in [0.4, 0.5) is 0 Å². The second kappa shape index (κ2) is 2.07. The highest BCUT2D eigenvalue weighted by Gasteiger charge is 2.02. The average molecular weight is 96.1 g/mol. The Labute approximate surface area is 43.4 Å². The van der Waals surface area contributed by atoms with Crippen molar-refractivity contribution in [2.45, 2.75) is 25.4 Å². The minimum absolute atomic E-state index is 0.395. The van der Waals surface area contributed by atoms with Crippen LogP contribution in [-0.4, -0.2) is 12.4 Å². The number of aliphatic imine (C=N–C) groups is 1. The van der Waals surface area contributed by atoms with E-state index in [9.17, 15) is 0 Å². The molecule has 0 aromatic heterocycles. The van der Waals surface area contributed by atoms with E-state index in [2.05, 4.69) is 4.99 Å².